The van der Waals surface area contributed by atoms with Gasteiger partial charge in [0.25, 0.3) is 0 Å². The summed E-state index contributed by atoms with van der Waals surface area (Å²) >= 11 is 1.73. The molecule has 1 aromatic heterocycles. The maximum Gasteiger partial charge on any atom is 0.0432 e. The summed E-state index contributed by atoms with van der Waals surface area (Å²) < 4.78 is 0. The van der Waals surface area contributed by atoms with Gasteiger partial charge in [-0.1, -0.05) is 0 Å². The van der Waals surface area contributed by atoms with E-state index in [1.807, 2.05) is 0 Å². The maximum atomic E-state index is 5.13. The molecule has 0 aliphatic carbocycles. The van der Waals surface area contributed by atoms with E-state index >= 15 is 0 Å². The van der Waals surface area contributed by atoms with Crippen LogP contribution < -0.4 is 0 Å². The molecule has 9 heavy (non-hydrogen) atoms. The van der Waals surface area contributed by atoms with Crippen molar-refractivity contribution in [3.8, 4) is 12.3 Å². The zero-order valence-corrected chi connectivity index (χ0v) is 6.16. The van der Waals surface area contributed by atoms with Crippen LogP contribution in [0.5, 0.6) is 0 Å². The first kappa shape index (κ1) is 6.38. The fourth-order valence-corrected chi connectivity index (χ4v) is 1.51. The van der Waals surface area contributed by atoms with E-state index in [1.54, 1.807) is 11.3 Å². The highest BCUT2D eigenvalue weighted by Gasteiger charge is 1.91. The van der Waals surface area contributed by atoms with Crippen molar-refractivity contribution < 1.29 is 0 Å². The topological polar surface area (TPSA) is 0 Å². The van der Waals surface area contributed by atoms with Gasteiger partial charge in [-0.25, -0.2) is 0 Å². The highest BCUT2D eigenvalue weighted by Crippen LogP contribution is 2.13. The summed E-state index contributed by atoms with van der Waals surface area (Å²) in [4.78, 5) is 1.29. The smallest absolute Gasteiger partial charge is 0.0432 e. The fraction of sp³-hybridized carbons (Fsp3) is 0.250. The van der Waals surface area contributed by atoms with Crippen molar-refractivity contribution >= 4 is 11.3 Å². The molecule has 46 valence electrons. The lowest BCUT2D eigenvalue weighted by Gasteiger charge is -1.80. The average molecular weight is 136 g/mol. The first-order chi connectivity index (χ1) is 4.33. The van der Waals surface area contributed by atoms with Crippen LogP contribution in [0.15, 0.2) is 11.4 Å². The largest absolute Gasteiger partial charge is 0.148 e. The summed E-state index contributed by atoms with van der Waals surface area (Å²) in [7, 11) is 0. The lowest BCUT2D eigenvalue weighted by Crippen LogP contribution is -1.69. The molecule has 0 aliphatic rings. The summed E-state index contributed by atoms with van der Waals surface area (Å²) in [6.45, 7) is 2.08. The van der Waals surface area contributed by atoms with Crippen LogP contribution in [0.1, 0.15) is 10.4 Å². The molecule has 1 heterocycles. The maximum absolute atomic E-state index is 5.13. The molecular formula is C8H8S. The highest BCUT2D eigenvalue weighted by atomic mass is 32.1. The van der Waals surface area contributed by atoms with Gasteiger partial charge in [0.2, 0.25) is 0 Å². The number of hydrogen-bond donors (Lipinski definition) is 0. The Morgan fingerprint density at radius 1 is 1.78 bits per heavy atom. The van der Waals surface area contributed by atoms with Crippen molar-refractivity contribution in [2.24, 2.45) is 0 Å². The Morgan fingerprint density at radius 3 is 3.00 bits per heavy atom. The highest BCUT2D eigenvalue weighted by molar-refractivity contribution is 7.10. The third-order valence-electron chi connectivity index (χ3n) is 1.06. The summed E-state index contributed by atoms with van der Waals surface area (Å²) in [6, 6.07) is 2.13. The Morgan fingerprint density at radius 2 is 2.56 bits per heavy atom. The third-order valence-corrected chi connectivity index (χ3v) is 2.12. The minimum absolute atomic E-state index is 0.776. The predicted molar refractivity (Wildman–Crippen MR) is 41.6 cm³/mol. The number of aryl methyl sites for hydroxylation is 1. The summed E-state index contributed by atoms with van der Waals surface area (Å²) in [5.74, 6) is 2.61. The Bertz CT molecular complexity index is 227. The molecule has 0 spiro atoms. The van der Waals surface area contributed by atoms with E-state index in [2.05, 4.69) is 24.3 Å². The molecule has 0 aliphatic heterocycles. The number of thiophene rings is 1. The molecule has 1 aromatic rings. The third kappa shape index (κ3) is 1.58. The van der Waals surface area contributed by atoms with Gasteiger partial charge in [0.1, 0.15) is 0 Å². The van der Waals surface area contributed by atoms with Gasteiger partial charge in [0, 0.05) is 11.3 Å². The van der Waals surface area contributed by atoms with Crippen molar-refractivity contribution in [1.29, 1.82) is 0 Å². The first-order valence-electron chi connectivity index (χ1n) is 2.80. The molecule has 0 fully saturated rings. The van der Waals surface area contributed by atoms with Crippen molar-refractivity contribution in [2.75, 3.05) is 0 Å². The molecule has 0 atom stereocenters. The Labute approximate surface area is 59.5 Å². The van der Waals surface area contributed by atoms with Gasteiger partial charge in [0.05, 0.1) is 0 Å². The molecule has 0 saturated heterocycles. The molecular weight excluding hydrogens is 128 g/mol. The molecule has 0 N–H and O–H groups in total. The monoisotopic (exact) mass is 136 g/mol. The van der Waals surface area contributed by atoms with Crippen molar-refractivity contribution in [1.82, 2.24) is 0 Å². The van der Waals surface area contributed by atoms with E-state index in [1.165, 1.54) is 10.4 Å². The van der Waals surface area contributed by atoms with Crippen LogP contribution in [-0.2, 0) is 6.42 Å². The van der Waals surface area contributed by atoms with Crippen LogP contribution in [0.3, 0.4) is 0 Å². The predicted octanol–water partition coefficient (Wildman–Crippen LogP) is 2.23. The summed E-state index contributed by atoms with van der Waals surface area (Å²) in [5, 5.41) is 2.12. The summed E-state index contributed by atoms with van der Waals surface area (Å²) in [5.41, 5.74) is 1.31. The quantitative estimate of drug-likeness (QED) is 0.519. The number of rotatable bonds is 1. The van der Waals surface area contributed by atoms with E-state index in [0.717, 1.165) is 6.42 Å². The number of terminal acetylenes is 1. The van der Waals surface area contributed by atoms with Gasteiger partial charge in [0.15, 0.2) is 0 Å². The van der Waals surface area contributed by atoms with Gasteiger partial charge in [-0.15, -0.1) is 23.7 Å². The molecule has 0 aromatic carbocycles. The van der Waals surface area contributed by atoms with Crippen LogP contribution in [0.2, 0.25) is 0 Å². The zero-order chi connectivity index (χ0) is 6.69. The van der Waals surface area contributed by atoms with E-state index in [4.69, 9.17) is 6.42 Å². The summed E-state index contributed by atoms with van der Waals surface area (Å²) in [6.07, 6.45) is 5.90. The van der Waals surface area contributed by atoms with Gasteiger partial charge >= 0.3 is 0 Å². The van der Waals surface area contributed by atoms with E-state index in [9.17, 15) is 0 Å². The van der Waals surface area contributed by atoms with Crippen molar-refractivity contribution in [2.45, 2.75) is 13.3 Å². The fourth-order valence-electron chi connectivity index (χ4n) is 0.684. The second-order valence-corrected chi connectivity index (χ2v) is 2.97. The molecule has 0 unspecified atom stereocenters. The second kappa shape index (κ2) is 2.70. The van der Waals surface area contributed by atoms with Crippen LogP contribution in [0.4, 0.5) is 0 Å². The Balaban J connectivity index is 2.76. The standard InChI is InChI=1S/C8H8S/c1-3-4-8-5-7(2)6-9-8/h1,5-6H,4H2,2H3. The number of hydrogen-bond acceptors (Lipinski definition) is 1. The zero-order valence-electron chi connectivity index (χ0n) is 5.35. The SMILES string of the molecule is C#CCc1cc(C)cs1. The second-order valence-electron chi connectivity index (χ2n) is 1.97. The van der Waals surface area contributed by atoms with Crippen molar-refractivity contribution in [3.63, 3.8) is 0 Å². The van der Waals surface area contributed by atoms with Gasteiger partial charge in [-0.05, 0) is 23.9 Å². The lowest BCUT2D eigenvalue weighted by atomic mass is 10.3. The van der Waals surface area contributed by atoms with Crippen LogP contribution in [-0.4, -0.2) is 0 Å². The van der Waals surface area contributed by atoms with E-state index in [0.29, 0.717) is 0 Å². The van der Waals surface area contributed by atoms with Gasteiger partial charge < -0.3 is 0 Å². The normalized spacial score (nSPS) is 8.89. The van der Waals surface area contributed by atoms with Crippen LogP contribution in [0, 0.1) is 19.3 Å². The van der Waals surface area contributed by atoms with E-state index < -0.39 is 0 Å². The molecule has 0 radical (unpaired) electrons. The van der Waals surface area contributed by atoms with E-state index in [-0.39, 0.29) is 0 Å². The minimum Gasteiger partial charge on any atom is -0.148 e. The molecule has 0 saturated carbocycles. The molecule has 0 bridgehead atoms. The Hall–Kier alpha value is -0.740. The molecule has 1 heteroatoms. The molecule has 0 nitrogen and oxygen atoms in total. The van der Waals surface area contributed by atoms with Crippen molar-refractivity contribution in [3.05, 3.63) is 21.9 Å². The minimum atomic E-state index is 0.776. The lowest BCUT2D eigenvalue weighted by molar-refractivity contribution is 1.39. The Kier molecular flexibility index (Phi) is 1.92. The average Bonchev–Trinajstić information content (AvgIpc) is 2.17. The van der Waals surface area contributed by atoms with Crippen LogP contribution >= 0.6 is 11.3 Å². The van der Waals surface area contributed by atoms with Gasteiger partial charge in [-0.3, -0.25) is 0 Å². The van der Waals surface area contributed by atoms with Gasteiger partial charge in [-0.2, -0.15) is 0 Å². The molecule has 0 amide bonds. The molecule has 1 rings (SSSR count). The first-order valence-corrected chi connectivity index (χ1v) is 3.68. The van der Waals surface area contributed by atoms with Crippen LogP contribution in [0.25, 0.3) is 0 Å².